The van der Waals surface area contributed by atoms with E-state index in [0.29, 0.717) is 12.2 Å². The summed E-state index contributed by atoms with van der Waals surface area (Å²) >= 11 is 0. The smallest absolute Gasteiger partial charge is 0.306 e. The summed E-state index contributed by atoms with van der Waals surface area (Å²) < 4.78 is 5.06. The molecule has 2 N–H and O–H groups in total. The van der Waals surface area contributed by atoms with Crippen LogP contribution < -0.4 is 4.74 Å². The average molecular weight is 224 g/mol. The lowest BCUT2D eigenvalue weighted by molar-refractivity contribution is -0.142. The van der Waals surface area contributed by atoms with Crippen molar-refractivity contribution >= 4 is 5.97 Å². The lowest BCUT2D eigenvalue weighted by atomic mass is 9.96. The van der Waals surface area contributed by atoms with Gasteiger partial charge >= 0.3 is 5.97 Å². The molecule has 88 valence electrons. The molecule has 0 aromatic heterocycles. The molecule has 1 aromatic rings. The summed E-state index contributed by atoms with van der Waals surface area (Å²) in [7, 11) is 1.57. The highest BCUT2D eigenvalue weighted by Gasteiger charge is 2.17. The van der Waals surface area contributed by atoms with Crippen molar-refractivity contribution in [2.45, 2.75) is 12.8 Å². The highest BCUT2D eigenvalue weighted by atomic mass is 16.5. The molecule has 1 unspecified atom stereocenters. The molecule has 1 atom stereocenters. The number of rotatable bonds is 6. The molecule has 0 aliphatic rings. The van der Waals surface area contributed by atoms with Gasteiger partial charge < -0.3 is 14.9 Å². The summed E-state index contributed by atoms with van der Waals surface area (Å²) in [6.45, 7) is -0.110. The lowest BCUT2D eigenvalue weighted by Gasteiger charge is -2.11. The zero-order chi connectivity index (χ0) is 12.0. The van der Waals surface area contributed by atoms with Gasteiger partial charge in [-0.2, -0.15) is 0 Å². The van der Waals surface area contributed by atoms with Crippen LogP contribution in [0.2, 0.25) is 0 Å². The van der Waals surface area contributed by atoms with Crippen LogP contribution in [0.5, 0.6) is 5.75 Å². The number of ether oxygens (including phenoxy) is 1. The molecule has 0 aliphatic carbocycles. The number of aliphatic hydroxyl groups excluding tert-OH is 1. The Hall–Kier alpha value is -1.55. The van der Waals surface area contributed by atoms with Gasteiger partial charge in [-0.05, 0) is 30.5 Å². The van der Waals surface area contributed by atoms with E-state index < -0.39 is 11.9 Å². The maximum atomic E-state index is 10.9. The second kappa shape index (κ2) is 6.12. The zero-order valence-electron chi connectivity index (χ0n) is 9.22. The maximum absolute atomic E-state index is 10.9. The van der Waals surface area contributed by atoms with Crippen molar-refractivity contribution in [1.29, 1.82) is 0 Å². The van der Waals surface area contributed by atoms with E-state index in [1.165, 1.54) is 0 Å². The van der Waals surface area contributed by atoms with E-state index in [1.807, 2.05) is 24.3 Å². The van der Waals surface area contributed by atoms with E-state index in [9.17, 15) is 4.79 Å². The van der Waals surface area contributed by atoms with Gasteiger partial charge in [0.25, 0.3) is 0 Å². The number of aliphatic hydroxyl groups is 1. The summed E-state index contributed by atoms with van der Waals surface area (Å²) in [5, 5.41) is 17.7. The topological polar surface area (TPSA) is 66.8 Å². The number of methoxy groups -OCH3 is 1. The van der Waals surface area contributed by atoms with E-state index in [4.69, 9.17) is 14.9 Å². The Labute approximate surface area is 94.5 Å². The van der Waals surface area contributed by atoms with Crippen molar-refractivity contribution in [3.63, 3.8) is 0 Å². The van der Waals surface area contributed by atoms with Crippen molar-refractivity contribution < 1.29 is 19.7 Å². The van der Waals surface area contributed by atoms with Gasteiger partial charge in [0.2, 0.25) is 0 Å². The molecule has 0 bridgehead atoms. The maximum Gasteiger partial charge on any atom is 0.306 e. The van der Waals surface area contributed by atoms with E-state index in [2.05, 4.69) is 0 Å². The first-order valence-corrected chi connectivity index (χ1v) is 5.14. The minimum Gasteiger partial charge on any atom is -0.497 e. The molecule has 0 amide bonds. The minimum absolute atomic E-state index is 0.110. The highest BCUT2D eigenvalue weighted by molar-refractivity contribution is 5.70. The number of hydrogen-bond donors (Lipinski definition) is 2. The van der Waals surface area contributed by atoms with Crippen molar-refractivity contribution in [3.05, 3.63) is 29.8 Å². The predicted molar refractivity (Wildman–Crippen MR) is 59.5 cm³/mol. The Morgan fingerprint density at radius 3 is 2.81 bits per heavy atom. The van der Waals surface area contributed by atoms with Crippen LogP contribution in [-0.4, -0.2) is 29.9 Å². The largest absolute Gasteiger partial charge is 0.497 e. The molecule has 0 heterocycles. The lowest BCUT2D eigenvalue weighted by Crippen LogP contribution is -2.17. The number of benzene rings is 1. The van der Waals surface area contributed by atoms with Crippen LogP contribution in [0, 0.1) is 5.92 Å². The Bertz CT molecular complexity index is 349. The van der Waals surface area contributed by atoms with Gasteiger partial charge in [0, 0.05) is 6.61 Å². The summed E-state index contributed by atoms with van der Waals surface area (Å²) in [6.07, 6.45) is 0.680. The number of carboxylic acid groups (broad SMARTS) is 1. The molecule has 0 saturated heterocycles. The quantitative estimate of drug-likeness (QED) is 0.764. The number of carboxylic acids is 1. The van der Waals surface area contributed by atoms with Gasteiger partial charge in [0.1, 0.15) is 5.75 Å². The first kappa shape index (κ1) is 12.5. The summed E-state index contributed by atoms with van der Waals surface area (Å²) in [6, 6.07) is 7.31. The zero-order valence-corrected chi connectivity index (χ0v) is 9.22. The molecule has 4 heteroatoms. The first-order valence-electron chi connectivity index (χ1n) is 5.14. The molecule has 0 aliphatic heterocycles. The van der Waals surface area contributed by atoms with Crippen molar-refractivity contribution in [2.24, 2.45) is 5.92 Å². The molecule has 0 saturated carbocycles. The number of carbonyl (C=O) groups is 1. The fourth-order valence-corrected chi connectivity index (χ4v) is 1.55. The second-order valence-corrected chi connectivity index (χ2v) is 3.60. The van der Waals surface area contributed by atoms with Gasteiger partial charge in [-0.25, -0.2) is 0 Å². The van der Waals surface area contributed by atoms with Crippen LogP contribution in [0.4, 0.5) is 0 Å². The standard InChI is InChI=1S/C12H16O4/c1-16-11-4-2-3-9(8-11)7-10(5-6-13)12(14)15/h2-4,8,10,13H,5-7H2,1H3,(H,14,15). The molecule has 0 spiro atoms. The Morgan fingerprint density at radius 2 is 2.25 bits per heavy atom. The number of hydrogen-bond acceptors (Lipinski definition) is 3. The second-order valence-electron chi connectivity index (χ2n) is 3.60. The van der Waals surface area contributed by atoms with Crippen LogP contribution in [0.25, 0.3) is 0 Å². The molecule has 4 nitrogen and oxygen atoms in total. The van der Waals surface area contributed by atoms with Gasteiger partial charge in [0.15, 0.2) is 0 Å². The molecular formula is C12H16O4. The molecule has 1 rings (SSSR count). The summed E-state index contributed by atoms with van der Waals surface area (Å²) in [4.78, 5) is 10.9. The highest BCUT2D eigenvalue weighted by Crippen LogP contribution is 2.17. The van der Waals surface area contributed by atoms with Crippen LogP contribution in [-0.2, 0) is 11.2 Å². The fraction of sp³-hybridized carbons (Fsp3) is 0.417. The van der Waals surface area contributed by atoms with Crippen molar-refractivity contribution in [1.82, 2.24) is 0 Å². The van der Waals surface area contributed by atoms with E-state index >= 15 is 0 Å². The van der Waals surface area contributed by atoms with Crippen LogP contribution in [0.15, 0.2) is 24.3 Å². The number of aliphatic carboxylic acids is 1. The molecular weight excluding hydrogens is 208 g/mol. The average Bonchev–Trinajstić information content (AvgIpc) is 2.28. The van der Waals surface area contributed by atoms with Crippen LogP contribution in [0.3, 0.4) is 0 Å². The Balaban J connectivity index is 2.72. The van der Waals surface area contributed by atoms with Gasteiger partial charge in [0.05, 0.1) is 13.0 Å². The summed E-state index contributed by atoms with van der Waals surface area (Å²) in [5.74, 6) is -0.709. The molecule has 0 fully saturated rings. The molecule has 16 heavy (non-hydrogen) atoms. The first-order chi connectivity index (χ1) is 7.67. The van der Waals surface area contributed by atoms with Gasteiger partial charge in [-0.1, -0.05) is 12.1 Å². The van der Waals surface area contributed by atoms with Gasteiger partial charge in [-0.15, -0.1) is 0 Å². The molecule has 1 aromatic carbocycles. The third-order valence-corrected chi connectivity index (χ3v) is 2.44. The normalized spacial score (nSPS) is 12.1. The predicted octanol–water partition coefficient (Wildman–Crippen LogP) is 1.32. The van der Waals surface area contributed by atoms with E-state index in [-0.39, 0.29) is 13.0 Å². The van der Waals surface area contributed by atoms with E-state index in [1.54, 1.807) is 7.11 Å². The Kier molecular flexibility index (Phi) is 4.79. The SMILES string of the molecule is COc1cccc(CC(CCO)C(=O)O)c1. The molecule has 0 radical (unpaired) electrons. The third kappa shape index (κ3) is 3.55. The summed E-state index contributed by atoms with van der Waals surface area (Å²) in [5.41, 5.74) is 0.903. The van der Waals surface area contributed by atoms with Crippen LogP contribution in [0.1, 0.15) is 12.0 Å². The van der Waals surface area contributed by atoms with E-state index in [0.717, 1.165) is 5.56 Å². The minimum atomic E-state index is -0.878. The van der Waals surface area contributed by atoms with Crippen molar-refractivity contribution in [2.75, 3.05) is 13.7 Å². The van der Waals surface area contributed by atoms with Crippen LogP contribution >= 0.6 is 0 Å². The Morgan fingerprint density at radius 1 is 1.50 bits per heavy atom. The third-order valence-electron chi connectivity index (χ3n) is 2.44. The fourth-order valence-electron chi connectivity index (χ4n) is 1.55. The van der Waals surface area contributed by atoms with Crippen molar-refractivity contribution in [3.8, 4) is 5.75 Å². The monoisotopic (exact) mass is 224 g/mol. The van der Waals surface area contributed by atoms with Gasteiger partial charge in [-0.3, -0.25) is 4.79 Å².